The van der Waals surface area contributed by atoms with Crippen LogP contribution in [0.1, 0.15) is 0 Å². The minimum atomic E-state index is 0.963. The smallest absolute Gasteiger partial charge is 0.215 e. The Hall–Kier alpha value is -18.1. The fourth-order valence-electron chi connectivity index (χ4n) is 21.2. The van der Waals surface area contributed by atoms with Crippen molar-refractivity contribution < 1.29 is 0 Å². The van der Waals surface area contributed by atoms with Gasteiger partial charge in [-0.3, -0.25) is 17.6 Å². The zero-order valence-electron chi connectivity index (χ0n) is 75.9. The van der Waals surface area contributed by atoms with E-state index in [0.717, 1.165) is 61.7 Å². The molecule has 0 radical (unpaired) electrons. The van der Waals surface area contributed by atoms with E-state index in [2.05, 4.69) is 504 Å². The average molecular weight is 1760 g/mol. The molecule has 30 aromatic rings. The molecule has 0 aliphatic rings. The third kappa shape index (κ3) is 13.1. The van der Waals surface area contributed by atoms with Gasteiger partial charge in [-0.2, -0.15) is 0 Å². The summed E-state index contributed by atoms with van der Waals surface area (Å²) in [5, 5.41) is 7.79. The van der Waals surface area contributed by atoms with Crippen LogP contribution in [0.2, 0.25) is 0 Å². The van der Waals surface area contributed by atoms with E-state index in [1.807, 2.05) is 24.3 Å². The largest absolute Gasteiger partial charge is 0.344 e. The topological polar surface area (TPSA) is 98.3 Å². The number of nitrogens with zero attached hydrogens (tertiary/aromatic N) is 14. The number of benzene rings is 19. The number of aryl methyl sites for hydroxylation is 5. The number of hydrogen-bond acceptors (Lipinski definition) is 4. The van der Waals surface area contributed by atoms with Gasteiger partial charge in [-0.05, 0) is 217 Å². The maximum absolute atomic E-state index is 4.92. The Morgan fingerprint density at radius 3 is 0.766 bits per heavy atom. The van der Waals surface area contributed by atoms with E-state index < -0.39 is 0 Å². The first kappa shape index (κ1) is 79.8. The van der Waals surface area contributed by atoms with Crippen LogP contribution in [0.5, 0.6) is 0 Å². The molecule has 0 bridgehead atoms. The van der Waals surface area contributed by atoms with Crippen molar-refractivity contribution in [1.82, 2.24) is 64.8 Å². The molecule has 19 aromatic carbocycles. The van der Waals surface area contributed by atoms with Crippen molar-refractivity contribution in [2.45, 2.75) is 0 Å². The van der Waals surface area contributed by atoms with E-state index in [4.69, 9.17) is 15.0 Å². The van der Waals surface area contributed by atoms with E-state index in [1.165, 1.54) is 187 Å². The van der Waals surface area contributed by atoms with Gasteiger partial charge >= 0.3 is 0 Å². The lowest BCUT2D eigenvalue weighted by Crippen LogP contribution is -1.87. The molecule has 0 saturated carbocycles. The molecule has 14 heteroatoms. The minimum absolute atomic E-state index is 0.963. The van der Waals surface area contributed by atoms with Crippen molar-refractivity contribution in [3.8, 4) is 77.9 Å². The van der Waals surface area contributed by atoms with E-state index >= 15 is 0 Å². The molecule has 0 spiro atoms. The lowest BCUT2D eigenvalue weighted by molar-refractivity contribution is 0.973. The van der Waals surface area contributed by atoms with Crippen LogP contribution in [0.25, 0.3) is 249 Å². The van der Waals surface area contributed by atoms with E-state index in [0.29, 0.717) is 0 Å². The van der Waals surface area contributed by atoms with Gasteiger partial charge in [0, 0.05) is 78.6 Å². The first-order valence-electron chi connectivity index (χ1n) is 46.5. The Kier molecular flexibility index (Phi) is 18.7. The lowest BCUT2D eigenvalue weighted by atomic mass is 9.99. The fourth-order valence-corrected chi connectivity index (χ4v) is 21.2. The van der Waals surface area contributed by atoms with E-state index in [1.54, 1.807) is 0 Å². The summed E-state index contributed by atoms with van der Waals surface area (Å²) in [6.07, 6.45) is 0. The molecule has 0 aliphatic heterocycles. The molecule has 30 rings (SSSR count). The summed E-state index contributed by atoms with van der Waals surface area (Å²) in [7, 11) is 10.5. The Morgan fingerprint density at radius 2 is 0.380 bits per heavy atom. The first-order valence-corrected chi connectivity index (χ1v) is 46.5. The van der Waals surface area contributed by atoms with Crippen LogP contribution in [0.15, 0.2) is 443 Å². The Labute approximate surface area is 786 Å². The maximum Gasteiger partial charge on any atom is 0.215 e. The second-order valence-electron chi connectivity index (χ2n) is 35.7. The van der Waals surface area contributed by atoms with Gasteiger partial charge in [0.1, 0.15) is 0 Å². The van der Waals surface area contributed by atoms with Gasteiger partial charge in [0.15, 0.2) is 0 Å². The van der Waals surface area contributed by atoms with Crippen LogP contribution in [-0.4, -0.2) is 64.8 Å². The second-order valence-corrected chi connectivity index (χ2v) is 35.7. The van der Waals surface area contributed by atoms with Gasteiger partial charge in [0.25, 0.3) is 0 Å². The second kappa shape index (κ2) is 32.1. The van der Waals surface area contributed by atoms with Crippen LogP contribution in [0.4, 0.5) is 0 Å². The number of hydrogen-bond donors (Lipinski definition) is 0. The minimum Gasteiger partial charge on any atom is -0.344 e. The summed E-state index contributed by atoms with van der Waals surface area (Å²) >= 11 is 0. The Morgan fingerprint density at radius 1 is 0.131 bits per heavy atom. The SMILES string of the molecule is Cn1c2ccc(-c3ccccc3)cc2c2cc(-c3ccc4c(c3)c3cccc5c6ccc(-c7ccccc7)cc6n4c35)ccc21.Cn1c2ccc(-c3ccccc3)cc2n2c3cc(-c4ccccc4)ccc3nc12.Cn1c2ccc(-c3ccccc3)cc2n2c3ccccc3nc12.Cn1c2ccccc2n2c3cc(-c4ccccc4)ccc3nc12.Cn1c2ccccc2n2c3ccccc3nc12. The van der Waals surface area contributed by atoms with E-state index in [-0.39, 0.29) is 0 Å². The highest BCUT2D eigenvalue weighted by atomic mass is 15.2. The monoisotopic (exact) mass is 1760 g/mol. The third-order valence-corrected chi connectivity index (χ3v) is 28.0. The van der Waals surface area contributed by atoms with Crippen LogP contribution in [-0.2, 0) is 35.2 Å². The van der Waals surface area contributed by atoms with E-state index in [9.17, 15) is 0 Å². The number of rotatable bonds is 7. The number of imidazole rings is 8. The van der Waals surface area contributed by atoms with Gasteiger partial charge in [0.05, 0.1) is 105 Å². The van der Waals surface area contributed by atoms with Gasteiger partial charge in [-0.15, -0.1) is 0 Å². The van der Waals surface area contributed by atoms with Gasteiger partial charge in [0.2, 0.25) is 23.1 Å². The molecular formula is C123H88N14. The van der Waals surface area contributed by atoms with Crippen molar-refractivity contribution >= 4 is 171 Å². The molecule has 0 aliphatic carbocycles. The summed E-state index contributed by atoms with van der Waals surface area (Å²) in [5.41, 5.74) is 41.8. The summed E-state index contributed by atoms with van der Waals surface area (Å²) in [6, 6.07) is 157. The molecule has 0 atom stereocenters. The maximum atomic E-state index is 4.92. The quantitative estimate of drug-likeness (QED) is 0.159. The standard InChI is InChI=1S/C43H28N2.C26H19N3.2C20H15N3.C14H11N3/c1-44-39-20-16-29(27-9-4-2-5-10-27)23-37(39)38-25-30(17-21-40(38)44)31-18-22-41-36(24-31)35-14-8-13-34-33-19-15-32(28-11-6-3-7-12-28)26-42(33)45(41)43(34)35;1-28-23-15-13-21(19-10-6-3-7-11-19)17-25(23)29-24-16-20(18-8-4-2-5-9-18)12-14-22(24)27-26(28)29;1-22-17-9-5-6-10-18(17)23-19-13-15(14-7-3-2-4-8-14)11-12-16(19)21-20(22)23;1-22-18-12-11-15(14-7-3-2-4-8-14)13-19(18)23-17-10-6-5-9-16(17)21-20(22)23;1-16-12-8-4-5-9-13(12)17-11-7-3-2-6-10(11)15-14(16)17/h2-26H,1H3;2-17H,1H3;2*2-13H,1H3;2-9H,1H3. The first-order chi connectivity index (χ1) is 67.5. The summed E-state index contributed by atoms with van der Waals surface area (Å²) in [6.45, 7) is 0. The average Bonchev–Trinajstić information content (AvgIpc) is 1.53. The summed E-state index contributed by atoms with van der Waals surface area (Å²) < 4.78 is 22.4. The highest BCUT2D eigenvalue weighted by Crippen LogP contribution is 2.44. The van der Waals surface area contributed by atoms with Crippen molar-refractivity contribution in [2.75, 3.05) is 0 Å². The molecule has 14 nitrogen and oxygen atoms in total. The van der Waals surface area contributed by atoms with Crippen molar-refractivity contribution in [3.05, 3.63) is 443 Å². The van der Waals surface area contributed by atoms with Gasteiger partial charge in [-0.1, -0.05) is 303 Å². The Bertz CT molecular complexity index is 9970. The number of fused-ring (bicyclic) bond motifs is 29. The normalized spacial score (nSPS) is 11.8. The van der Waals surface area contributed by atoms with Crippen LogP contribution in [0, 0.1) is 0 Å². The summed E-state index contributed by atoms with van der Waals surface area (Å²) in [5.74, 6) is 3.91. The molecule has 0 N–H and O–H groups in total. The highest BCUT2D eigenvalue weighted by molar-refractivity contribution is 6.24. The zero-order valence-corrected chi connectivity index (χ0v) is 75.9. The number of para-hydroxylation sites is 9. The molecule has 0 unspecified atom stereocenters. The molecule has 11 heterocycles. The van der Waals surface area contributed by atoms with Crippen LogP contribution in [0.3, 0.4) is 0 Å². The molecule has 0 amide bonds. The molecule has 0 fully saturated rings. The van der Waals surface area contributed by atoms with Crippen molar-refractivity contribution in [3.63, 3.8) is 0 Å². The molecule has 0 saturated heterocycles. The predicted octanol–water partition coefficient (Wildman–Crippen LogP) is 30.1. The molecular weight excluding hydrogens is 1670 g/mol. The van der Waals surface area contributed by atoms with Crippen molar-refractivity contribution in [2.24, 2.45) is 35.2 Å². The Balaban J connectivity index is 0.0000000925. The lowest BCUT2D eigenvalue weighted by Gasteiger charge is -2.06. The van der Waals surface area contributed by atoms with Crippen molar-refractivity contribution in [1.29, 1.82) is 0 Å². The zero-order chi connectivity index (χ0) is 91.2. The van der Waals surface area contributed by atoms with Gasteiger partial charge < -0.3 is 27.2 Å². The van der Waals surface area contributed by atoms with Crippen LogP contribution >= 0.6 is 0 Å². The summed E-state index contributed by atoms with van der Waals surface area (Å²) in [4.78, 5) is 19.2. The molecule has 137 heavy (non-hydrogen) atoms. The fraction of sp³-hybridized carbons (Fsp3) is 0.0407. The predicted molar refractivity (Wildman–Crippen MR) is 570 cm³/mol. The van der Waals surface area contributed by atoms with Gasteiger partial charge in [-0.25, -0.2) is 19.9 Å². The highest BCUT2D eigenvalue weighted by Gasteiger charge is 2.24. The van der Waals surface area contributed by atoms with Crippen LogP contribution < -0.4 is 0 Å². The molecule has 11 aromatic heterocycles. The third-order valence-electron chi connectivity index (χ3n) is 28.0. The number of aromatic nitrogens is 14. The molecule has 650 valence electrons.